The molecule has 0 radical (unpaired) electrons. The summed E-state index contributed by atoms with van der Waals surface area (Å²) in [5.41, 5.74) is 3.11. The van der Waals surface area contributed by atoms with Gasteiger partial charge in [-0.1, -0.05) is 49.8 Å². The van der Waals surface area contributed by atoms with E-state index in [2.05, 4.69) is 27.4 Å². The Balaban J connectivity index is 2.02. The number of allylic oxidation sites excluding steroid dienone is 2. The predicted molar refractivity (Wildman–Crippen MR) is 112 cm³/mol. The molecule has 0 unspecified atom stereocenters. The number of aryl methyl sites for hydroxylation is 1. The lowest BCUT2D eigenvalue weighted by Gasteiger charge is -2.34. The van der Waals surface area contributed by atoms with Crippen molar-refractivity contribution >= 4 is 16.9 Å². The molecular weight excluding hydrogens is 352 g/mol. The monoisotopic (exact) mass is 380 g/mol. The van der Waals surface area contributed by atoms with E-state index < -0.39 is 5.97 Å². The molecule has 4 nitrogen and oxygen atoms in total. The number of carbonyl (C=O) groups excluding carboxylic acids is 1. The lowest BCUT2D eigenvalue weighted by atomic mass is 9.71. The average Bonchev–Trinajstić information content (AvgIpc) is 2.65. The molecule has 0 saturated carbocycles. The molecule has 0 atom stereocenters. The molecule has 2 aromatic rings. The van der Waals surface area contributed by atoms with E-state index in [0.29, 0.717) is 23.2 Å². The molecule has 1 aromatic heterocycles. The van der Waals surface area contributed by atoms with Crippen LogP contribution in [-0.2, 0) is 11.2 Å². The van der Waals surface area contributed by atoms with Gasteiger partial charge < -0.3 is 9.15 Å². The van der Waals surface area contributed by atoms with Gasteiger partial charge in [-0.2, -0.15) is 0 Å². The Labute approximate surface area is 165 Å². The maximum atomic E-state index is 13.0. The lowest BCUT2D eigenvalue weighted by Crippen LogP contribution is -2.23. The topological polar surface area (TPSA) is 56.5 Å². The molecule has 1 heterocycles. The van der Waals surface area contributed by atoms with Gasteiger partial charge >= 0.3 is 5.97 Å². The second-order valence-electron chi connectivity index (χ2n) is 8.11. The van der Waals surface area contributed by atoms with Gasteiger partial charge in [0.25, 0.3) is 0 Å². The summed E-state index contributed by atoms with van der Waals surface area (Å²) >= 11 is 0. The van der Waals surface area contributed by atoms with Crippen molar-refractivity contribution in [2.45, 2.75) is 52.9 Å². The summed E-state index contributed by atoms with van der Waals surface area (Å²) in [7, 11) is 0. The van der Waals surface area contributed by atoms with Crippen molar-refractivity contribution in [3.05, 3.63) is 69.6 Å². The average molecular weight is 380 g/mol. The van der Waals surface area contributed by atoms with Crippen molar-refractivity contribution < 1.29 is 13.9 Å². The summed E-state index contributed by atoms with van der Waals surface area (Å²) in [6.45, 7) is 10.3. The summed E-state index contributed by atoms with van der Waals surface area (Å²) in [6.07, 6.45) is 6.20. The SMILES string of the molecule is C=CCOC(=O)c1c(CCC2=C(C)CCCC2(C)C)oc2ccccc2c1=O. The third kappa shape index (κ3) is 3.96. The number of hydrogen-bond acceptors (Lipinski definition) is 4. The highest BCUT2D eigenvalue weighted by Crippen LogP contribution is 2.42. The van der Waals surface area contributed by atoms with Gasteiger partial charge in [-0.05, 0) is 50.2 Å². The van der Waals surface area contributed by atoms with E-state index in [1.807, 2.05) is 6.07 Å². The maximum absolute atomic E-state index is 13.0. The van der Waals surface area contributed by atoms with E-state index >= 15 is 0 Å². The first kappa shape index (κ1) is 20.1. The van der Waals surface area contributed by atoms with Crippen LogP contribution >= 0.6 is 0 Å². The number of fused-ring (bicyclic) bond motifs is 1. The Morgan fingerprint density at radius 1 is 1.29 bits per heavy atom. The van der Waals surface area contributed by atoms with Crippen LogP contribution in [0.3, 0.4) is 0 Å². The van der Waals surface area contributed by atoms with E-state index in [1.54, 1.807) is 18.2 Å². The second kappa shape index (κ2) is 8.17. The molecule has 0 fully saturated rings. The Bertz CT molecular complexity index is 991. The highest BCUT2D eigenvalue weighted by atomic mass is 16.5. The molecule has 1 aliphatic carbocycles. The van der Waals surface area contributed by atoms with Crippen LogP contribution in [0.25, 0.3) is 11.0 Å². The van der Waals surface area contributed by atoms with Crippen LogP contribution in [0.15, 0.2) is 57.3 Å². The second-order valence-corrected chi connectivity index (χ2v) is 8.11. The van der Waals surface area contributed by atoms with Gasteiger partial charge in [0.15, 0.2) is 0 Å². The molecule has 28 heavy (non-hydrogen) atoms. The first-order valence-electron chi connectivity index (χ1n) is 9.87. The normalized spacial score (nSPS) is 16.2. The van der Waals surface area contributed by atoms with Crippen LogP contribution in [0.4, 0.5) is 0 Å². The first-order valence-corrected chi connectivity index (χ1v) is 9.87. The predicted octanol–water partition coefficient (Wildman–Crippen LogP) is 5.60. The third-order valence-corrected chi connectivity index (χ3v) is 5.69. The fourth-order valence-electron chi connectivity index (χ4n) is 4.24. The molecule has 0 saturated heterocycles. The van der Waals surface area contributed by atoms with E-state index in [0.717, 1.165) is 19.3 Å². The summed E-state index contributed by atoms with van der Waals surface area (Å²) in [6, 6.07) is 7.01. The maximum Gasteiger partial charge on any atom is 0.345 e. The van der Waals surface area contributed by atoms with Gasteiger partial charge in [-0.3, -0.25) is 4.79 Å². The summed E-state index contributed by atoms with van der Waals surface area (Å²) in [4.78, 5) is 25.6. The van der Waals surface area contributed by atoms with E-state index in [-0.39, 0.29) is 23.0 Å². The number of hydrogen-bond donors (Lipinski definition) is 0. The van der Waals surface area contributed by atoms with Gasteiger partial charge in [0, 0.05) is 6.42 Å². The van der Waals surface area contributed by atoms with Crippen LogP contribution in [-0.4, -0.2) is 12.6 Å². The Hall–Kier alpha value is -2.62. The molecule has 1 aromatic carbocycles. The molecule has 148 valence electrons. The van der Waals surface area contributed by atoms with E-state index in [9.17, 15) is 9.59 Å². The molecule has 0 spiro atoms. The van der Waals surface area contributed by atoms with Crippen molar-refractivity contribution in [3.63, 3.8) is 0 Å². The number of benzene rings is 1. The van der Waals surface area contributed by atoms with Crippen molar-refractivity contribution in [1.82, 2.24) is 0 Å². The highest BCUT2D eigenvalue weighted by molar-refractivity contribution is 5.94. The van der Waals surface area contributed by atoms with Gasteiger partial charge in [0.05, 0.1) is 5.39 Å². The number of para-hydroxylation sites is 1. The van der Waals surface area contributed by atoms with E-state index in [1.165, 1.54) is 23.6 Å². The minimum atomic E-state index is -0.650. The van der Waals surface area contributed by atoms with Crippen LogP contribution in [0.2, 0.25) is 0 Å². The van der Waals surface area contributed by atoms with Gasteiger partial charge in [-0.15, -0.1) is 0 Å². The summed E-state index contributed by atoms with van der Waals surface area (Å²) < 4.78 is 11.2. The van der Waals surface area contributed by atoms with Crippen molar-refractivity contribution in [2.24, 2.45) is 5.41 Å². The van der Waals surface area contributed by atoms with Crippen molar-refractivity contribution in [2.75, 3.05) is 6.61 Å². The smallest absolute Gasteiger partial charge is 0.345 e. The number of ether oxygens (including phenoxy) is 1. The Kier molecular flexibility index (Phi) is 5.87. The Morgan fingerprint density at radius 3 is 2.75 bits per heavy atom. The molecule has 0 amide bonds. The standard InChI is InChI=1S/C24H28O4/c1-5-15-27-23(26)21-20(28-19-11-7-6-10-17(19)22(21)25)13-12-18-16(2)9-8-14-24(18,3)4/h5-7,10-11H,1,8-9,12-15H2,2-4H3. The molecule has 0 N–H and O–H groups in total. The number of carbonyl (C=O) groups is 1. The van der Waals surface area contributed by atoms with Crippen molar-refractivity contribution in [3.8, 4) is 0 Å². The molecule has 1 aliphatic rings. The molecule has 4 heteroatoms. The van der Waals surface area contributed by atoms with Crippen molar-refractivity contribution in [1.29, 1.82) is 0 Å². The zero-order valence-corrected chi connectivity index (χ0v) is 17.0. The van der Waals surface area contributed by atoms with Gasteiger partial charge in [0.2, 0.25) is 5.43 Å². The summed E-state index contributed by atoms with van der Waals surface area (Å²) in [5, 5.41) is 0.394. The van der Waals surface area contributed by atoms with Crippen LogP contribution in [0.1, 0.15) is 62.6 Å². The van der Waals surface area contributed by atoms with Crippen LogP contribution < -0.4 is 5.43 Å². The zero-order valence-electron chi connectivity index (χ0n) is 17.0. The van der Waals surface area contributed by atoms with Crippen LogP contribution in [0.5, 0.6) is 0 Å². The highest BCUT2D eigenvalue weighted by Gasteiger charge is 2.29. The minimum Gasteiger partial charge on any atom is -0.460 e. The third-order valence-electron chi connectivity index (χ3n) is 5.69. The van der Waals surface area contributed by atoms with Gasteiger partial charge in [-0.25, -0.2) is 4.79 Å². The fourth-order valence-corrected chi connectivity index (χ4v) is 4.24. The zero-order chi connectivity index (χ0) is 20.3. The Morgan fingerprint density at radius 2 is 2.04 bits per heavy atom. The molecule has 3 rings (SSSR count). The molecule has 0 aliphatic heterocycles. The molecular formula is C24H28O4. The first-order chi connectivity index (χ1) is 13.3. The lowest BCUT2D eigenvalue weighted by molar-refractivity contribution is 0.0544. The van der Waals surface area contributed by atoms with Crippen LogP contribution in [0, 0.1) is 5.41 Å². The largest absolute Gasteiger partial charge is 0.460 e. The van der Waals surface area contributed by atoms with E-state index in [4.69, 9.17) is 9.15 Å². The fraction of sp³-hybridized carbons (Fsp3) is 0.417. The molecule has 0 bridgehead atoms. The number of rotatable bonds is 6. The minimum absolute atomic E-state index is 0.00687. The summed E-state index contributed by atoms with van der Waals surface area (Å²) in [5.74, 6) is -0.248. The number of esters is 1. The quantitative estimate of drug-likeness (QED) is 0.484. The van der Waals surface area contributed by atoms with Gasteiger partial charge in [0.1, 0.15) is 23.5 Å².